The second-order valence-corrected chi connectivity index (χ2v) is 7.87. The van der Waals surface area contributed by atoms with Crippen molar-refractivity contribution in [2.24, 2.45) is 0 Å². The topological polar surface area (TPSA) is 61.6 Å². The summed E-state index contributed by atoms with van der Waals surface area (Å²) in [5.41, 5.74) is 4.00. The lowest BCUT2D eigenvalue weighted by molar-refractivity contribution is -0.141. The first-order valence-electron chi connectivity index (χ1n) is 9.75. The van der Waals surface area contributed by atoms with Crippen LogP contribution in [-0.2, 0) is 22.4 Å². The van der Waals surface area contributed by atoms with E-state index < -0.39 is 0 Å². The van der Waals surface area contributed by atoms with Gasteiger partial charge in [-0.15, -0.1) is 0 Å². The number of aromatic nitrogens is 1. The van der Waals surface area contributed by atoms with Gasteiger partial charge < -0.3 is 13.9 Å². The molecule has 1 aromatic carbocycles. The van der Waals surface area contributed by atoms with Crippen LogP contribution in [0.2, 0.25) is 0 Å². The van der Waals surface area contributed by atoms with Crippen molar-refractivity contribution in [2.75, 3.05) is 6.61 Å². The number of ether oxygens (including phenoxy) is 2. The normalized spacial score (nSPS) is 15.1. The summed E-state index contributed by atoms with van der Waals surface area (Å²) < 4.78 is 17.6. The summed E-state index contributed by atoms with van der Waals surface area (Å²) in [6.07, 6.45) is 6.97. The van der Waals surface area contributed by atoms with Crippen molar-refractivity contribution >= 4 is 16.9 Å². The lowest BCUT2D eigenvalue weighted by Gasteiger charge is -2.32. The SMILES string of the molecule is CC(=O)OCCCc1c(-c2cccnc2)oc2ccc3c(c12)CCC(C)(C)O3. The third-order valence-electron chi connectivity index (χ3n) is 5.18. The molecule has 0 unspecified atom stereocenters. The van der Waals surface area contributed by atoms with Crippen molar-refractivity contribution in [3.05, 3.63) is 47.8 Å². The molecule has 0 N–H and O–H groups in total. The lowest BCUT2D eigenvalue weighted by Crippen LogP contribution is -2.32. The Balaban J connectivity index is 1.80. The maximum absolute atomic E-state index is 11.1. The molecule has 5 nitrogen and oxygen atoms in total. The summed E-state index contributed by atoms with van der Waals surface area (Å²) in [6.45, 7) is 6.07. The molecular weight excluding hydrogens is 354 g/mol. The minimum absolute atomic E-state index is 0.161. The number of esters is 1. The van der Waals surface area contributed by atoms with E-state index in [0.717, 1.165) is 59.3 Å². The minimum Gasteiger partial charge on any atom is -0.488 e. The molecule has 0 amide bonds. The molecular formula is C23H25NO4. The second kappa shape index (κ2) is 7.30. The van der Waals surface area contributed by atoms with Crippen molar-refractivity contribution in [1.82, 2.24) is 4.98 Å². The van der Waals surface area contributed by atoms with Crippen LogP contribution in [-0.4, -0.2) is 23.2 Å². The molecule has 28 heavy (non-hydrogen) atoms. The fourth-order valence-electron chi connectivity index (χ4n) is 3.86. The second-order valence-electron chi connectivity index (χ2n) is 7.87. The summed E-state index contributed by atoms with van der Waals surface area (Å²) in [5.74, 6) is 1.52. The standard InChI is InChI=1S/C23H25NO4/c1-15(25)26-13-5-7-18-21-17-10-11-23(2,3)28-19(17)8-9-20(21)27-22(18)16-6-4-12-24-14-16/h4,6,8-9,12,14H,5,7,10-11,13H2,1-3H3. The third-order valence-corrected chi connectivity index (χ3v) is 5.18. The maximum atomic E-state index is 11.1. The minimum atomic E-state index is -0.252. The van der Waals surface area contributed by atoms with Gasteiger partial charge in [-0.3, -0.25) is 9.78 Å². The first kappa shape index (κ1) is 18.5. The van der Waals surface area contributed by atoms with E-state index in [1.165, 1.54) is 12.5 Å². The molecule has 0 atom stereocenters. The zero-order chi connectivity index (χ0) is 19.7. The Hall–Kier alpha value is -2.82. The molecule has 4 rings (SSSR count). The number of benzene rings is 1. The summed E-state index contributed by atoms with van der Waals surface area (Å²) in [7, 11) is 0. The van der Waals surface area contributed by atoms with E-state index in [1.807, 2.05) is 30.5 Å². The maximum Gasteiger partial charge on any atom is 0.302 e. The summed E-state index contributed by atoms with van der Waals surface area (Å²) in [4.78, 5) is 15.3. The number of carbonyl (C=O) groups is 1. The number of furan rings is 1. The van der Waals surface area contributed by atoms with Gasteiger partial charge in [0.2, 0.25) is 0 Å². The van der Waals surface area contributed by atoms with Crippen LogP contribution in [0.1, 0.15) is 44.7 Å². The fourth-order valence-corrected chi connectivity index (χ4v) is 3.86. The quantitative estimate of drug-likeness (QED) is 0.456. The van der Waals surface area contributed by atoms with Gasteiger partial charge in [-0.05, 0) is 63.8 Å². The van der Waals surface area contributed by atoms with E-state index in [0.29, 0.717) is 6.61 Å². The predicted molar refractivity (Wildman–Crippen MR) is 107 cm³/mol. The third kappa shape index (κ3) is 3.61. The van der Waals surface area contributed by atoms with Crippen LogP contribution in [0.15, 0.2) is 41.1 Å². The van der Waals surface area contributed by atoms with E-state index in [9.17, 15) is 4.79 Å². The van der Waals surface area contributed by atoms with Gasteiger partial charge in [0, 0.05) is 41.4 Å². The number of carbonyl (C=O) groups excluding carboxylic acids is 1. The Morgan fingerprint density at radius 2 is 2.14 bits per heavy atom. The number of fused-ring (bicyclic) bond motifs is 3. The molecule has 1 aliphatic heterocycles. The van der Waals surface area contributed by atoms with Gasteiger partial charge in [-0.1, -0.05) is 0 Å². The van der Waals surface area contributed by atoms with Crippen LogP contribution in [0.3, 0.4) is 0 Å². The molecule has 0 spiro atoms. The highest BCUT2D eigenvalue weighted by atomic mass is 16.5. The Morgan fingerprint density at radius 1 is 1.29 bits per heavy atom. The highest BCUT2D eigenvalue weighted by Gasteiger charge is 2.30. The van der Waals surface area contributed by atoms with Gasteiger partial charge in [0.05, 0.1) is 6.61 Å². The summed E-state index contributed by atoms with van der Waals surface area (Å²) >= 11 is 0. The molecule has 0 aliphatic carbocycles. The molecule has 3 aromatic rings. The fraction of sp³-hybridized carbons (Fsp3) is 0.391. The molecule has 0 saturated carbocycles. The van der Waals surface area contributed by atoms with Crippen LogP contribution >= 0.6 is 0 Å². The average molecular weight is 379 g/mol. The monoisotopic (exact) mass is 379 g/mol. The Bertz CT molecular complexity index is 1000. The highest BCUT2D eigenvalue weighted by molar-refractivity contribution is 5.92. The van der Waals surface area contributed by atoms with Gasteiger partial charge in [-0.2, -0.15) is 0 Å². The average Bonchev–Trinajstić information content (AvgIpc) is 3.03. The van der Waals surface area contributed by atoms with Crippen molar-refractivity contribution in [3.8, 4) is 17.1 Å². The van der Waals surface area contributed by atoms with Crippen molar-refractivity contribution in [2.45, 2.75) is 52.1 Å². The molecule has 5 heteroatoms. The highest BCUT2D eigenvalue weighted by Crippen LogP contribution is 2.43. The lowest BCUT2D eigenvalue weighted by atomic mass is 9.90. The van der Waals surface area contributed by atoms with Crippen molar-refractivity contribution in [3.63, 3.8) is 0 Å². The smallest absolute Gasteiger partial charge is 0.302 e. The van der Waals surface area contributed by atoms with Crippen LogP contribution in [0.4, 0.5) is 0 Å². The first-order chi connectivity index (χ1) is 13.4. The Labute approximate surface area is 164 Å². The zero-order valence-electron chi connectivity index (χ0n) is 16.6. The van der Waals surface area contributed by atoms with Crippen LogP contribution in [0.25, 0.3) is 22.3 Å². The molecule has 1 aliphatic rings. The van der Waals surface area contributed by atoms with E-state index in [1.54, 1.807) is 6.20 Å². The van der Waals surface area contributed by atoms with E-state index in [-0.39, 0.29) is 11.6 Å². The summed E-state index contributed by atoms with van der Waals surface area (Å²) in [6, 6.07) is 7.92. The Kier molecular flexibility index (Phi) is 4.84. The van der Waals surface area contributed by atoms with E-state index in [4.69, 9.17) is 13.9 Å². The van der Waals surface area contributed by atoms with Crippen LogP contribution in [0.5, 0.6) is 5.75 Å². The largest absolute Gasteiger partial charge is 0.488 e. The first-order valence-corrected chi connectivity index (χ1v) is 9.75. The Morgan fingerprint density at radius 3 is 2.89 bits per heavy atom. The van der Waals surface area contributed by atoms with Gasteiger partial charge in [0.15, 0.2) is 0 Å². The van der Waals surface area contributed by atoms with Crippen LogP contribution < -0.4 is 4.74 Å². The number of rotatable bonds is 5. The van der Waals surface area contributed by atoms with Crippen LogP contribution in [0, 0.1) is 0 Å². The zero-order valence-corrected chi connectivity index (χ0v) is 16.6. The predicted octanol–water partition coefficient (Wildman–Crippen LogP) is 5.09. The molecule has 146 valence electrons. The molecule has 3 heterocycles. The van der Waals surface area contributed by atoms with E-state index >= 15 is 0 Å². The molecule has 2 aromatic heterocycles. The number of hydrogen-bond acceptors (Lipinski definition) is 5. The van der Waals surface area contributed by atoms with Gasteiger partial charge >= 0.3 is 5.97 Å². The molecule has 0 fully saturated rings. The molecule has 0 saturated heterocycles. The van der Waals surface area contributed by atoms with Crippen molar-refractivity contribution < 1.29 is 18.7 Å². The number of hydrogen-bond donors (Lipinski definition) is 0. The number of pyridine rings is 1. The number of aryl methyl sites for hydroxylation is 2. The summed E-state index contributed by atoms with van der Waals surface area (Å²) in [5, 5.41) is 1.13. The molecule has 0 radical (unpaired) electrons. The van der Waals surface area contributed by atoms with E-state index in [2.05, 4.69) is 18.8 Å². The van der Waals surface area contributed by atoms with Gasteiger partial charge in [0.1, 0.15) is 22.7 Å². The van der Waals surface area contributed by atoms with Crippen molar-refractivity contribution in [1.29, 1.82) is 0 Å². The van der Waals surface area contributed by atoms with Gasteiger partial charge in [-0.25, -0.2) is 0 Å². The number of nitrogens with zero attached hydrogens (tertiary/aromatic N) is 1. The van der Waals surface area contributed by atoms with Gasteiger partial charge in [0.25, 0.3) is 0 Å². The molecule has 0 bridgehead atoms.